The first kappa shape index (κ1) is 51.7. The predicted octanol–water partition coefficient (Wildman–Crippen LogP) is 8.07. The van der Waals surface area contributed by atoms with Crippen LogP contribution in [-0.4, -0.2) is 97.9 Å². The minimum Gasteiger partial charge on any atom is -0.356 e. The van der Waals surface area contributed by atoms with Gasteiger partial charge < -0.3 is 31.1 Å². The number of carbonyl (C=O) groups is 4. The summed E-state index contributed by atoms with van der Waals surface area (Å²) in [5.74, 6) is -0.160. The van der Waals surface area contributed by atoms with Crippen LogP contribution in [0.25, 0.3) is 0 Å². The van der Waals surface area contributed by atoms with Crippen LogP contribution in [0.15, 0.2) is 109 Å². The molecule has 10 heteroatoms. The van der Waals surface area contributed by atoms with Crippen molar-refractivity contribution in [2.75, 3.05) is 41.3 Å². The molecule has 10 nitrogen and oxygen atoms in total. The van der Waals surface area contributed by atoms with E-state index in [1.165, 1.54) is 33.4 Å². The average molecular weight is 899 g/mol. The molecule has 0 bridgehead atoms. The monoisotopic (exact) mass is 899 g/mol. The molecule has 0 heterocycles. The molecular formula is C56H78N6O4. The van der Waals surface area contributed by atoms with Crippen molar-refractivity contribution in [3.05, 3.63) is 143 Å². The number of likely N-dealkylation sites (N-methyl/N-ethyl adjacent to an activating group) is 2. The largest absolute Gasteiger partial charge is 0.356 e. The van der Waals surface area contributed by atoms with Crippen LogP contribution in [-0.2, 0) is 44.9 Å². The van der Waals surface area contributed by atoms with Gasteiger partial charge >= 0.3 is 0 Å². The summed E-state index contributed by atoms with van der Waals surface area (Å²) in [6.07, 6.45) is 12.7. The van der Waals surface area contributed by atoms with Gasteiger partial charge in [-0.05, 0) is 141 Å². The van der Waals surface area contributed by atoms with Gasteiger partial charge in [-0.15, -0.1) is 0 Å². The predicted molar refractivity (Wildman–Crippen MR) is 268 cm³/mol. The summed E-state index contributed by atoms with van der Waals surface area (Å²) in [4.78, 5) is 53.8. The van der Waals surface area contributed by atoms with E-state index in [4.69, 9.17) is 0 Å². The van der Waals surface area contributed by atoms with E-state index in [0.717, 1.165) is 77.0 Å². The zero-order valence-electron chi connectivity index (χ0n) is 40.8. The summed E-state index contributed by atoms with van der Waals surface area (Å²) in [6, 6.07) is 38.2. The number of hydrogen-bond donors (Lipinski definition) is 4. The van der Waals surface area contributed by atoms with Gasteiger partial charge in [0.1, 0.15) is 0 Å². The lowest BCUT2D eigenvalue weighted by Crippen LogP contribution is -2.52. The lowest BCUT2D eigenvalue weighted by molar-refractivity contribution is -0.127. The summed E-state index contributed by atoms with van der Waals surface area (Å²) in [7, 11) is 8.68. The van der Waals surface area contributed by atoms with Gasteiger partial charge in [-0.2, -0.15) is 0 Å². The maximum Gasteiger partial charge on any atom is 0.220 e. The number of carbonyl (C=O) groups excluding carboxylic acids is 4. The second kappa shape index (κ2) is 26.1. The van der Waals surface area contributed by atoms with E-state index in [-0.39, 0.29) is 72.5 Å². The van der Waals surface area contributed by atoms with E-state index in [1.807, 2.05) is 36.4 Å². The fraction of sp³-hybridized carbons (Fsp3) is 0.500. The summed E-state index contributed by atoms with van der Waals surface area (Å²) >= 11 is 0. The van der Waals surface area contributed by atoms with Gasteiger partial charge in [0, 0.05) is 61.9 Å². The van der Waals surface area contributed by atoms with Crippen molar-refractivity contribution in [1.82, 2.24) is 31.1 Å². The Morgan fingerprint density at radius 3 is 1.27 bits per heavy atom. The summed E-state index contributed by atoms with van der Waals surface area (Å²) in [5, 5.41) is 12.2. The third kappa shape index (κ3) is 17.2. The van der Waals surface area contributed by atoms with Gasteiger partial charge in [-0.1, -0.05) is 120 Å². The van der Waals surface area contributed by atoms with Crippen LogP contribution in [0.2, 0.25) is 0 Å². The number of nitrogens with one attached hydrogen (secondary N) is 4. The Morgan fingerprint density at radius 1 is 0.470 bits per heavy atom. The van der Waals surface area contributed by atoms with Crippen molar-refractivity contribution in [2.45, 2.75) is 140 Å². The van der Waals surface area contributed by atoms with E-state index >= 15 is 0 Å². The molecule has 0 aliphatic heterocycles. The second-order valence-corrected chi connectivity index (χ2v) is 19.4. The van der Waals surface area contributed by atoms with E-state index < -0.39 is 0 Å². The van der Waals surface area contributed by atoms with Gasteiger partial charge in [0.15, 0.2) is 0 Å². The smallest absolute Gasteiger partial charge is 0.220 e. The average Bonchev–Trinajstić information content (AvgIpc) is 3.30. The lowest BCUT2D eigenvalue weighted by Gasteiger charge is -2.45. The second-order valence-electron chi connectivity index (χ2n) is 19.4. The minimum absolute atomic E-state index is 0.0192. The molecule has 2 aliphatic rings. The van der Waals surface area contributed by atoms with Crippen LogP contribution in [0.3, 0.4) is 0 Å². The normalized spacial score (nSPS) is 20.4. The number of benzene rings is 4. The van der Waals surface area contributed by atoms with Crippen molar-refractivity contribution >= 4 is 23.6 Å². The zero-order chi connectivity index (χ0) is 47.4. The molecule has 2 saturated carbocycles. The molecule has 6 rings (SSSR count). The molecule has 0 atom stereocenters. The van der Waals surface area contributed by atoms with E-state index in [9.17, 15) is 19.2 Å². The Morgan fingerprint density at radius 2 is 0.864 bits per heavy atom. The molecule has 4 amide bonds. The van der Waals surface area contributed by atoms with Crippen molar-refractivity contribution in [3.8, 4) is 0 Å². The van der Waals surface area contributed by atoms with Crippen molar-refractivity contribution in [2.24, 2.45) is 0 Å². The molecule has 4 aromatic carbocycles. The SMILES string of the molecule is Cc1ccc(CC2(N(C)C)CCC(NC(=O)CCC(=O)NCCc3ccccc3)CC2)cc1.Cc1cccc(CC2(N(C)C)CCC(NC(=O)CCC(=O)NCCc3ccccc3)CC2)c1. The van der Waals surface area contributed by atoms with Crippen LogP contribution in [0.5, 0.6) is 0 Å². The molecular weight excluding hydrogens is 821 g/mol. The summed E-state index contributed by atoms with van der Waals surface area (Å²) in [6.45, 7) is 5.46. The molecule has 2 fully saturated rings. The van der Waals surface area contributed by atoms with Gasteiger partial charge in [-0.3, -0.25) is 19.2 Å². The summed E-state index contributed by atoms with van der Waals surface area (Å²) < 4.78 is 0. The molecule has 4 N–H and O–H groups in total. The number of rotatable bonds is 20. The fourth-order valence-electron chi connectivity index (χ4n) is 9.66. The van der Waals surface area contributed by atoms with Crippen molar-refractivity contribution in [3.63, 3.8) is 0 Å². The van der Waals surface area contributed by atoms with Gasteiger partial charge in [0.25, 0.3) is 0 Å². The maximum absolute atomic E-state index is 12.4. The number of hydrogen-bond acceptors (Lipinski definition) is 6. The summed E-state index contributed by atoms with van der Waals surface area (Å²) in [5.41, 5.74) is 8.00. The minimum atomic E-state index is -0.0607. The first-order chi connectivity index (χ1) is 31.7. The van der Waals surface area contributed by atoms with Crippen LogP contribution in [0.4, 0.5) is 0 Å². The molecule has 0 aromatic heterocycles. The fourth-order valence-corrected chi connectivity index (χ4v) is 9.66. The van der Waals surface area contributed by atoms with E-state index in [1.54, 1.807) is 0 Å². The van der Waals surface area contributed by atoms with Crippen molar-refractivity contribution < 1.29 is 19.2 Å². The van der Waals surface area contributed by atoms with Crippen LogP contribution in [0.1, 0.15) is 110 Å². The van der Waals surface area contributed by atoms with Crippen LogP contribution in [0, 0.1) is 13.8 Å². The number of nitrogens with zero attached hydrogens (tertiary/aromatic N) is 2. The number of aryl methyl sites for hydroxylation is 2. The molecule has 0 saturated heterocycles. The standard InChI is InChI=1S/2C28H39N3O2/c1-22-8-7-11-24(20-22)21-28(31(2)3)17-14-25(15-18-28)30-27(33)13-12-26(32)29-19-16-23-9-5-4-6-10-23;1-22-9-11-24(12-10-22)21-28(31(2)3)18-15-25(16-19-28)30-27(33)14-13-26(32)29-20-17-23-7-5-4-6-8-23/h4-11,20,25H,12-19,21H2,1-3H3,(H,29,32)(H,30,33);4-12,25H,13-21H2,1-3H3,(H,29,32)(H,30,33). The lowest BCUT2D eigenvalue weighted by atomic mass is 9.74. The third-order valence-electron chi connectivity index (χ3n) is 14.0. The molecule has 2 aliphatic carbocycles. The first-order valence-electron chi connectivity index (χ1n) is 24.4. The first-order valence-corrected chi connectivity index (χ1v) is 24.4. The third-order valence-corrected chi connectivity index (χ3v) is 14.0. The Balaban J connectivity index is 0.000000247. The quantitative estimate of drug-likeness (QED) is 0.0713. The Kier molecular flexibility index (Phi) is 20.5. The topological polar surface area (TPSA) is 123 Å². The molecule has 0 unspecified atom stereocenters. The molecule has 356 valence electrons. The van der Waals surface area contributed by atoms with Gasteiger partial charge in [-0.25, -0.2) is 0 Å². The van der Waals surface area contributed by atoms with Gasteiger partial charge in [0.2, 0.25) is 23.6 Å². The van der Waals surface area contributed by atoms with Gasteiger partial charge in [0.05, 0.1) is 0 Å². The number of amides is 4. The zero-order valence-corrected chi connectivity index (χ0v) is 40.8. The molecule has 0 radical (unpaired) electrons. The Labute approximate surface area is 396 Å². The Bertz CT molecular complexity index is 2090. The van der Waals surface area contributed by atoms with E-state index in [2.05, 4.69) is 146 Å². The Hall–Kier alpha value is -5.32. The highest BCUT2D eigenvalue weighted by Crippen LogP contribution is 2.37. The van der Waals surface area contributed by atoms with Crippen LogP contribution < -0.4 is 21.3 Å². The maximum atomic E-state index is 12.4. The van der Waals surface area contributed by atoms with Crippen molar-refractivity contribution in [1.29, 1.82) is 0 Å². The molecule has 66 heavy (non-hydrogen) atoms. The van der Waals surface area contributed by atoms with Crippen LogP contribution >= 0.6 is 0 Å². The molecule has 4 aromatic rings. The highest BCUT2D eigenvalue weighted by atomic mass is 16.2. The molecule has 0 spiro atoms. The highest BCUT2D eigenvalue weighted by molar-refractivity contribution is 5.84. The van der Waals surface area contributed by atoms with E-state index in [0.29, 0.717) is 13.1 Å². The highest BCUT2D eigenvalue weighted by Gasteiger charge is 2.39.